The Kier molecular flexibility index (Phi) is 11.1. The van der Waals surface area contributed by atoms with Crippen molar-refractivity contribution < 1.29 is 34.3 Å². The van der Waals surface area contributed by atoms with Gasteiger partial charge in [-0.2, -0.15) is 0 Å². The molecule has 0 aromatic rings. The first-order valence-corrected chi connectivity index (χ1v) is 9.54. The molecule has 7 heteroatoms. The number of ether oxygens (including phenoxy) is 4. The Morgan fingerprint density at radius 3 is 2.36 bits per heavy atom. The molecule has 0 bridgehead atoms. The fraction of sp³-hybridized carbons (Fsp3) is 1.00. The highest BCUT2D eigenvalue weighted by Crippen LogP contribution is 2.33. The summed E-state index contributed by atoms with van der Waals surface area (Å²) < 4.78 is 23.1. The number of aliphatic hydroxyl groups excluding tert-OH is 3. The minimum absolute atomic E-state index is 0.221. The summed E-state index contributed by atoms with van der Waals surface area (Å²) in [6.07, 6.45) is -1.80. The predicted octanol–water partition coefficient (Wildman–Crippen LogP) is 1.43. The summed E-state index contributed by atoms with van der Waals surface area (Å²) in [7, 11) is 0. The maximum Gasteiger partial charge on any atom is 0.183 e. The molecule has 0 saturated carbocycles. The standard InChI is InChI=1S/C18H36O7/c1-5-9-13(20)18(22-8-4)25-16-12(7-3)17(23-10-6-2)24-14(11-19)15(16)21/h12-21H,5-11H2,1-4H3. The molecular weight excluding hydrogens is 328 g/mol. The van der Waals surface area contributed by atoms with E-state index in [9.17, 15) is 15.3 Å². The lowest BCUT2D eigenvalue weighted by molar-refractivity contribution is -0.323. The lowest BCUT2D eigenvalue weighted by Gasteiger charge is -2.45. The summed E-state index contributed by atoms with van der Waals surface area (Å²) in [5, 5.41) is 30.4. The molecule has 1 saturated heterocycles. The van der Waals surface area contributed by atoms with Crippen LogP contribution in [-0.4, -0.2) is 72.1 Å². The molecule has 0 aliphatic carbocycles. The highest BCUT2D eigenvalue weighted by Gasteiger charge is 2.47. The van der Waals surface area contributed by atoms with Crippen LogP contribution in [0.3, 0.4) is 0 Å². The molecule has 0 spiro atoms. The molecule has 25 heavy (non-hydrogen) atoms. The molecule has 1 rings (SSSR count). The third-order valence-electron chi connectivity index (χ3n) is 4.46. The Balaban J connectivity index is 2.94. The van der Waals surface area contributed by atoms with Gasteiger partial charge in [-0.3, -0.25) is 0 Å². The fourth-order valence-electron chi connectivity index (χ4n) is 3.12. The molecule has 0 amide bonds. The summed E-state index contributed by atoms with van der Waals surface area (Å²) in [5.41, 5.74) is 0. The van der Waals surface area contributed by atoms with Gasteiger partial charge < -0.3 is 34.3 Å². The second-order valence-corrected chi connectivity index (χ2v) is 6.44. The normalized spacial score (nSPS) is 32.5. The molecule has 1 fully saturated rings. The molecule has 1 aliphatic heterocycles. The monoisotopic (exact) mass is 364 g/mol. The predicted molar refractivity (Wildman–Crippen MR) is 93.0 cm³/mol. The Morgan fingerprint density at radius 2 is 1.84 bits per heavy atom. The van der Waals surface area contributed by atoms with Gasteiger partial charge >= 0.3 is 0 Å². The van der Waals surface area contributed by atoms with Gasteiger partial charge in [-0.25, -0.2) is 0 Å². The van der Waals surface area contributed by atoms with Crippen molar-refractivity contribution >= 4 is 0 Å². The third-order valence-corrected chi connectivity index (χ3v) is 4.46. The van der Waals surface area contributed by atoms with Crippen LogP contribution in [0.2, 0.25) is 0 Å². The van der Waals surface area contributed by atoms with E-state index in [1.807, 2.05) is 27.7 Å². The SMILES string of the molecule is CCCOC1OC(CO)C(O)C(OC(OCC)C(O)CCC)C1CC. The summed E-state index contributed by atoms with van der Waals surface area (Å²) in [6.45, 7) is 8.35. The average molecular weight is 364 g/mol. The topological polar surface area (TPSA) is 97.6 Å². The lowest BCUT2D eigenvalue weighted by atomic mass is 9.88. The van der Waals surface area contributed by atoms with E-state index < -0.39 is 37.0 Å². The number of hydrogen-bond acceptors (Lipinski definition) is 7. The zero-order valence-electron chi connectivity index (χ0n) is 16.0. The lowest BCUT2D eigenvalue weighted by Crippen LogP contribution is -2.58. The van der Waals surface area contributed by atoms with Crippen LogP contribution in [-0.2, 0) is 18.9 Å². The van der Waals surface area contributed by atoms with E-state index in [0.717, 1.165) is 12.8 Å². The Morgan fingerprint density at radius 1 is 1.12 bits per heavy atom. The van der Waals surface area contributed by atoms with E-state index in [1.165, 1.54) is 0 Å². The molecule has 1 aliphatic rings. The van der Waals surface area contributed by atoms with Gasteiger partial charge in [-0.15, -0.1) is 0 Å². The maximum atomic E-state index is 10.6. The Labute approximate surface area is 151 Å². The molecular formula is C18H36O7. The first-order chi connectivity index (χ1) is 12.0. The van der Waals surface area contributed by atoms with Crippen LogP contribution in [0.4, 0.5) is 0 Å². The summed E-state index contributed by atoms with van der Waals surface area (Å²) >= 11 is 0. The minimum Gasteiger partial charge on any atom is -0.394 e. The zero-order valence-corrected chi connectivity index (χ0v) is 16.0. The largest absolute Gasteiger partial charge is 0.394 e. The van der Waals surface area contributed by atoms with E-state index in [2.05, 4.69) is 0 Å². The van der Waals surface area contributed by atoms with Crippen molar-refractivity contribution in [2.45, 2.75) is 90.4 Å². The number of rotatable bonds is 12. The van der Waals surface area contributed by atoms with Gasteiger partial charge in [-0.05, 0) is 26.2 Å². The van der Waals surface area contributed by atoms with Gasteiger partial charge in [-0.1, -0.05) is 27.2 Å². The molecule has 0 radical (unpaired) electrons. The number of aliphatic hydroxyl groups is 3. The molecule has 3 N–H and O–H groups in total. The zero-order chi connectivity index (χ0) is 18.8. The molecule has 7 unspecified atom stereocenters. The van der Waals surface area contributed by atoms with Crippen LogP contribution >= 0.6 is 0 Å². The minimum atomic E-state index is -1.02. The maximum absolute atomic E-state index is 10.6. The first-order valence-electron chi connectivity index (χ1n) is 9.54. The van der Waals surface area contributed by atoms with E-state index in [1.54, 1.807) is 0 Å². The number of hydrogen-bond donors (Lipinski definition) is 3. The van der Waals surface area contributed by atoms with Gasteiger partial charge in [0.05, 0.1) is 12.7 Å². The Bertz CT molecular complexity index is 341. The third kappa shape index (κ3) is 6.43. The van der Waals surface area contributed by atoms with Crippen LogP contribution in [0.1, 0.15) is 53.4 Å². The Hall–Kier alpha value is -0.280. The van der Waals surface area contributed by atoms with E-state index >= 15 is 0 Å². The van der Waals surface area contributed by atoms with Crippen molar-refractivity contribution in [2.24, 2.45) is 5.92 Å². The van der Waals surface area contributed by atoms with E-state index in [0.29, 0.717) is 26.1 Å². The quantitative estimate of drug-likeness (QED) is 0.451. The van der Waals surface area contributed by atoms with E-state index in [4.69, 9.17) is 18.9 Å². The van der Waals surface area contributed by atoms with Gasteiger partial charge in [0.1, 0.15) is 18.3 Å². The van der Waals surface area contributed by atoms with Gasteiger partial charge in [0.2, 0.25) is 0 Å². The van der Waals surface area contributed by atoms with Crippen molar-refractivity contribution in [3.63, 3.8) is 0 Å². The van der Waals surface area contributed by atoms with E-state index in [-0.39, 0.29) is 12.5 Å². The van der Waals surface area contributed by atoms with Crippen molar-refractivity contribution in [3.8, 4) is 0 Å². The van der Waals surface area contributed by atoms with Crippen molar-refractivity contribution in [1.29, 1.82) is 0 Å². The summed E-state index contributed by atoms with van der Waals surface area (Å²) in [5.74, 6) is -0.221. The van der Waals surface area contributed by atoms with Crippen LogP contribution in [0.25, 0.3) is 0 Å². The summed E-state index contributed by atoms with van der Waals surface area (Å²) in [4.78, 5) is 0. The smallest absolute Gasteiger partial charge is 0.183 e. The fourth-order valence-corrected chi connectivity index (χ4v) is 3.12. The molecule has 1 heterocycles. The van der Waals surface area contributed by atoms with Gasteiger partial charge in [0.25, 0.3) is 0 Å². The second-order valence-electron chi connectivity index (χ2n) is 6.44. The highest BCUT2D eigenvalue weighted by atomic mass is 16.7. The van der Waals surface area contributed by atoms with Crippen LogP contribution in [0, 0.1) is 5.92 Å². The molecule has 0 aromatic carbocycles. The van der Waals surface area contributed by atoms with Crippen LogP contribution < -0.4 is 0 Å². The van der Waals surface area contributed by atoms with Crippen molar-refractivity contribution in [3.05, 3.63) is 0 Å². The molecule has 0 aromatic heterocycles. The summed E-state index contributed by atoms with van der Waals surface area (Å²) in [6, 6.07) is 0. The van der Waals surface area contributed by atoms with Crippen molar-refractivity contribution in [2.75, 3.05) is 19.8 Å². The van der Waals surface area contributed by atoms with Crippen LogP contribution in [0.15, 0.2) is 0 Å². The highest BCUT2D eigenvalue weighted by molar-refractivity contribution is 4.90. The first kappa shape index (κ1) is 22.8. The van der Waals surface area contributed by atoms with Gasteiger partial charge in [0, 0.05) is 19.1 Å². The van der Waals surface area contributed by atoms with Crippen molar-refractivity contribution in [1.82, 2.24) is 0 Å². The molecule has 7 atom stereocenters. The molecule has 7 nitrogen and oxygen atoms in total. The van der Waals surface area contributed by atoms with Gasteiger partial charge in [0.15, 0.2) is 12.6 Å². The average Bonchev–Trinajstić information content (AvgIpc) is 2.61. The van der Waals surface area contributed by atoms with Crippen LogP contribution in [0.5, 0.6) is 0 Å². The molecule has 150 valence electrons. The second kappa shape index (κ2) is 12.2.